The molecule has 0 aliphatic rings. The molecule has 2 aromatic carbocycles. The van der Waals surface area contributed by atoms with Gasteiger partial charge < -0.3 is 5.32 Å². The summed E-state index contributed by atoms with van der Waals surface area (Å²) in [4.78, 5) is 22.3. The van der Waals surface area contributed by atoms with Crippen LogP contribution < -0.4 is 5.32 Å². The second-order valence-electron chi connectivity index (χ2n) is 5.21. The molecule has 2 rings (SSSR count). The van der Waals surface area contributed by atoms with E-state index < -0.39 is 4.92 Å². The van der Waals surface area contributed by atoms with Gasteiger partial charge in [-0.1, -0.05) is 49.4 Å². The predicted molar refractivity (Wildman–Crippen MR) is 90.0 cm³/mol. The van der Waals surface area contributed by atoms with Gasteiger partial charge in [0.2, 0.25) is 5.91 Å². The minimum atomic E-state index is -0.463. The molecule has 0 heterocycles. The van der Waals surface area contributed by atoms with E-state index in [2.05, 4.69) is 5.32 Å². The average Bonchev–Trinajstić information content (AvgIpc) is 2.58. The highest BCUT2D eigenvalue weighted by molar-refractivity contribution is 5.92. The summed E-state index contributed by atoms with van der Waals surface area (Å²) in [5.41, 5.74) is 1.54. The first kappa shape index (κ1) is 16.4. The molecule has 1 unspecified atom stereocenters. The molecule has 0 aliphatic carbocycles. The highest BCUT2D eigenvalue weighted by Crippen LogP contribution is 2.18. The Morgan fingerprint density at radius 3 is 2.52 bits per heavy atom. The Morgan fingerprint density at radius 1 is 1.17 bits per heavy atom. The molecule has 0 saturated heterocycles. The number of hydrogen-bond acceptors (Lipinski definition) is 3. The molecule has 2 aromatic rings. The van der Waals surface area contributed by atoms with Crippen molar-refractivity contribution >= 4 is 17.7 Å². The van der Waals surface area contributed by atoms with Crippen molar-refractivity contribution in [1.29, 1.82) is 0 Å². The lowest BCUT2D eigenvalue weighted by atomic mass is 10.0. The zero-order valence-corrected chi connectivity index (χ0v) is 12.8. The zero-order valence-electron chi connectivity index (χ0n) is 12.8. The van der Waals surface area contributed by atoms with Crippen LogP contribution in [0.3, 0.4) is 0 Å². The Kier molecular flexibility index (Phi) is 5.63. The monoisotopic (exact) mass is 310 g/mol. The predicted octanol–water partition coefficient (Wildman–Crippen LogP) is 3.53. The maximum absolute atomic E-state index is 11.9. The van der Waals surface area contributed by atoms with Crippen LogP contribution in [-0.2, 0) is 4.79 Å². The van der Waals surface area contributed by atoms with Crippen molar-refractivity contribution < 1.29 is 9.72 Å². The van der Waals surface area contributed by atoms with Gasteiger partial charge in [-0.3, -0.25) is 14.9 Å². The van der Waals surface area contributed by atoms with E-state index in [1.165, 1.54) is 18.2 Å². The van der Waals surface area contributed by atoms with E-state index in [9.17, 15) is 14.9 Å². The third-order valence-electron chi connectivity index (χ3n) is 3.50. The average molecular weight is 310 g/mol. The first-order valence-corrected chi connectivity index (χ1v) is 7.32. The normalized spacial score (nSPS) is 12.0. The molecule has 0 bridgehead atoms. The second kappa shape index (κ2) is 7.89. The molecule has 23 heavy (non-hydrogen) atoms. The van der Waals surface area contributed by atoms with Gasteiger partial charge in [0.25, 0.3) is 5.69 Å². The largest absolute Gasteiger partial charge is 0.352 e. The summed E-state index contributed by atoms with van der Waals surface area (Å²) in [6.45, 7) is 2.53. The molecule has 0 aliphatic heterocycles. The van der Waals surface area contributed by atoms with Crippen LogP contribution >= 0.6 is 0 Å². The highest BCUT2D eigenvalue weighted by atomic mass is 16.6. The molecule has 5 heteroatoms. The molecule has 0 radical (unpaired) electrons. The molecular formula is C18H18N2O3. The number of para-hydroxylation sites is 1. The molecule has 0 fully saturated rings. The first-order chi connectivity index (χ1) is 11.1. The number of nitrogens with zero attached hydrogens (tertiary/aromatic N) is 1. The number of amides is 1. The Balaban J connectivity index is 1.94. The third kappa shape index (κ3) is 4.78. The van der Waals surface area contributed by atoms with E-state index in [1.807, 2.05) is 37.3 Å². The number of nitro groups is 1. The number of rotatable bonds is 6. The summed E-state index contributed by atoms with van der Waals surface area (Å²) >= 11 is 0. The van der Waals surface area contributed by atoms with Crippen LogP contribution in [0.2, 0.25) is 0 Å². The summed E-state index contributed by atoms with van der Waals surface area (Å²) in [6.07, 6.45) is 2.78. The summed E-state index contributed by atoms with van der Waals surface area (Å²) < 4.78 is 0. The SMILES string of the molecule is CC(CNC(=O)C=Cc1ccccc1[N+](=O)[O-])c1ccccc1. The van der Waals surface area contributed by atoms with Crippen LogP contribution in [0.5, 0.6) is 0 Å². The number of hydrogen-bond donors (Lipinski definition) is 1. The second-order valence-corrected chi connectivity index (χ2v) is 5.21. The fraction of sp³-hybridized carbons (Fsp3) is 0.167. The number of nitrogens with one attached hydrogen (secondary N) is 1. The zero-order chi connectivity index (χ0) is 16.7. The van der Waals surface area contributed by atoms with Crippen LogP contribution in [0.4, 0.5) is 5.69 Å². The van der Waals surface area contributed by atoms with E-state index >= 15 is 0 Å². The summed E-state index contributed by atoms with van der Waals surface area (Å²) in [5.74, 6) is -0.0782. The van der Waals surface area contributed by atoms with Crippen LogP contribution in [0.25, 0.3) is 6.08 Å². The third-order valence-corrected chi connectivity index (χ3v) is 3.50. The molecule has 0 aromatic heterocycles. The van der Waals surface area contributed by atoms with Crippen molar-refractivity contribution in [1.82, 2.24) is 5.32 Å². The molecule has 0 spiro atoms. The molecule has 5 nitrogen and oxygen atoms in total. The van der Waals surface area contributed by atoms with E-state index in [4.69, 9.17) is 0 Å². The van der Waals surface area contributed by atoms with Crippen LogP contribution in [0.1, 0.15) is 24.0 Å². The van der Waals surface area contributed by atoms with Crippen molar-refractivity contribution in [3.05, 3.63) is 81.9 Å². The lowest BCUT2D eigenvalue weighted by molar-refractivity contribution is -0.385. The van der Waals surface area contributed by atoms with E-state index in [-0.39, 0.29) is 17.5 Å². The minimum Gasteiger partial charge on any atom is -0.352 e. The number of carbonyl (C=O) groups is 1. The van der Waals surface area contributed by atoms with Crippen molar-refractivity contribution in [2.45, 2.75) is 12.8 Å². The maximum atomic E-state index is 11.9. The van der Waals surface area contributed by atoms with E-state index in [0.717, 1.165) is 5.56 Å². The van der Waals surface area contributed by atoms with Crippen molar-refractivity contribution in [2.75, 3.05) is 6.54 Å². The Hall–Kier alpha value is -2.95. The van der Waals surface area contributed by atoms with Crippen molar-refractivity contribution in [2.24, 2.45) is 0 Å². The molecule has 1 N–H and O–H groups in total. The van der Waals surface area contributed by atoms with Gasteiger partial charge in [-0.15, -0.1) is 0 Å². The van der Waals surface area contributed by atoms with Crippen LogP contribution in [-0.4, -0.2) is 17.4 Å². The topological polar surface area (TPSA) is 72.2 Å². The van der Waals surface area contributed by atoms with Crippen molar-refractivity contribution in [3.8, 4) is 0 Å². The van der Waals surface area contributed by atoms with Gasteiger partial charge in [0.1, 0.15) is 0 Å². The van der Waals surface area contributed by atoms with E-state index in [0.29, 0.717) is 12.1 Å². The van der Waals surface area contributed by atoms with Crippen molar-refractivity contribution in [3.63, 3.8) is 0 Å². The van der Waals surface area contributed by atoms with Gasteiger partial charge in [-0.2, -0.15) is 0 Å². The van der Waals surface area contributed by atoms with Gasteiger partial charge in [0, 0.05) is 18.7 Å². The van der Waals surface area contributed by atoms with Gasteiger partial charge in [-0.25, -0.2) is 0 Å². The molecular weight excluding hydrogens is 292 g/mol. The molecule has 1 atom stereocenters. The van der Waals surface area contributed by atoms with Gasteiger partial charge >= 0.3 is 0 Å². The van der Waals surface area contributed by atoms with Crippen LogP contribution in [0.15, 0.2) is 60.7 Å². The quantitative estimate of drug-likeness (QED) is 0.504. The fourth-order valence-electron chi connectivity index (χ4n) is 2.17. The smallest absolute Gasteiger partial charge is 0.276 e. The van der Waals surface area contributed by atoms with E-state index in [1.54, 1.807) is 18.2 Å². The fourth-order valence-corrected chi connectivity index (χ4v) is 2.17. The Morgan fingerprint density at radius 2 is 1.83 bits per heavy atom. The lowest BCUT2D eigenvalue weighted by Gasteiger charge is -2.11. The number of benzene rings is 2. The minimum absolute atomic E-state index is 0.0193. The van der Waals surface area contributed by atoms with Gasteiger partial charge in [0.15, 0.2) is 0 Å². The summed E-state index contributed by atoms with van der Waals surface area (Å²) in [7, 11) is 0. The van der Waals surface area contributed by atoms with Gasteiger partial charge in [0.05, 0.1) is 10.5 Å². The summed E-state index contributed by atoms with van der Waals surface area (Å²) in [6, 6.07) is 16.2. The van der Waals surface area contributed by atoms with Gasteiger partial charge in [-0.05, 0) is 23.6 Å². The lowest BCUT2D eigenvalue weighted by Crippen LogP contribution is -2.25. The number of carbonyl (C=O) groups excluding carboxylic acids is 1. The first-order valence-electron chi connectivity index (χ1n) is 7.32. The summed E-state index contributed by atoms with van der Waals surface area (Å²) in [5, 5.41) is 13.7. The number of nitro benzene ring substituents is 1. The highest BCUT2D eigenvalue weighted by Gasteiger charge is 2.10. The molecule has 1 amide bonds. The maximum Gasteiger partial charge on any atom is 0.276 e. The Bertz CT molecular complexity index is 711. The Labute approximate surface area is 134 Å². The standard InChI is InChI=1S/C18H18N2O3/c1-14(15-7-3-2-4-8-15)13-19-18(21)12-11-16-9-5-6-10-17(16)20(22)23/h2-12,14H,13H2,1H3,(H,19,21). The molecule has 0 saturated carbocycles. The van der Waals surface area contributed by atoms with Crippen LogP contribution in [0, 0.1) is 10.1 Å². The molecule has 118 valence electrons.